The fraction of sp³-hybridized carbons (Fsp3) is 0.102. The Kier molecular flexibility index (Phi) is 6.71. The Morgan fingerprint density at radius 1 is 0.367 bits per heavy atom. The molecule has 0 heteroatoms. The van der Waals surface area contributed by atoms with E-state index in [9.17, 15) is 0 Å². The van der Waals surface area contributed by atoms with Gasteiger partial charge in [0.25, 0.3) is 0 Å². The van der Waals surface area contributed by atoms with E-state index in [1.807, 2.05) is 0 Å². The van der Waals surface area contributed by atoms with Gasteiger partial charge in [-0.1, -0.05) is 178 Å². The second kappa shape index (κ2) is 11.2. The molecule has 1 aliphatic rings. The number of benzene rings is 8. The molecule has 0 nitrogen and oxygen atoms in total. The van der Waals surface area contributed by atoms with Crippen LogP contribution in [0.1, 0.15) is 48.6 Å². The summed E-state index contributed by atoms with van der Waals surface area (Å²) in [4.78, 5) is 0. The minimum Gasteiger partial charge on any atom is -0.0622 e. The minimum atomic E-state index is -0.449. The van der Waals surface area contributed by atoms with Gasteiger partial charge in [-0.15, -0.1) is 0 Å². The smallest absolute Gasteiger partial charge is 0.0622 e. The zero-order chi connectivity index (χ0) is 33.2. The minimum absolute atomic E-state index is 0.0953. The molecule has 0 bridgehead atoms. The number of hydrogen-bond donors (Lipinski definition) is 0. The van der Waals surface area contributed by atoms with Crippen LogP contribution in [0.15, 0.2) is 176 Å². The highest BCUT2D eigenvalue weighted by molar-refractivity contribution is 6.09. The molecule has 1 aliphatic carbocycles. The molecule has 49 heavy (non-hydrogen) atoms. The van der Waals surface area contributed by atoms with Gasteiger partial charge in [0, 0.05) is 0 Å². The summed E-state index contributed by atoms with van der Waals surface area (Å²) in [5.74, 6) is 0. The highest BCUT2D eigenvalue weighted by Crippen LogP contribution is 2.57. The fourth-order valence-electron chi connectivity index (χ4n) is 8.29. The second-order valence-electron chi connectivity index (χ2n) is 14.5. The predicted octanol–water partition coefficient (Wildman–Crippen LogP) is 13.0. The SMILES string of the molecule is CC(C)(C)c1ccc(-c2ccc(-c3ccc4ccccc4c3)c3cc4c(cc23)C(c2ccccc2)(c2ccccc2)c2ccccc2-4)cc1. The van der Waals surface area contributed by atoms with E-state index in [0.717, 1.165) is 0 Å². The molecule has 0 saturated heterocycles. The van der Waals surface area contributed by atoms with Crippen LogP contribution in [0, 0.1) is 0 Å². The summed E-state index contributed by atoms with van der Waals surface area (Å²) >= 11 is 0. The van der Waals surface area contributed by atoms with Crippen LogP contribution in [0.3, 0.4) is 0 Å². The standard InChI is InChI=1S/C49H38/c1-48(2,3)37-26-24-34(25-27-37)40-28-29-41(36-23-22-33-14-10-11-15-35(33)30-36)43-31-45-42-20-12-13-21-46(42)49(47(45)32-44(40)43,38-16-6-4-7-17-38)39-18-8-5-9-19-39/h4-32H,1-3H3. The first-order valence-electron chi connectivity index (χ1n) is 17.4. The molecule has 0 atom stereocenters. The van der Waals surface area contributed by atoms with Gasteiger partial charge in [-0.05, 0) is 106 Å². The van der Waals surface area contributed by atoms with Crippen LogP contribution in [0.5, 0.6) is 0 Å². The molecule has 8 aromatic rings. The van der Waals surface area contributed by atoms with Gasteiger partial charge in [-0.2, -0.15) is 0 Å². The third kappa shape index (κ3) is 4.59. The Hall–Kier alpha value is -5.72. The van der Waals surface area contributed by atoms with E-state index < -0.39 is 5.41 Å². The maximum atomic E-state index is 2.53. The summed E-state index contributed by atoms with van der Waals surface area (Å²) in [6.07, 6.45) is 0. The third-order valence-electron chi connectivity index (χ3n) is 10.7. The van der Waals surface area contributed by atoms with Crippen LogP contribution in [0.2, 0.25) is 0 Å². The van der Waals surface area contributed by atoms with Crippen LogP contribution in [-0.4, -0.2) is 0 Å². The van der Waals surface area contributed by atoms with Crippen molar-refractivity contribution >= 4 is 21.5 Å². The van der Waals surface area contributed by atoms with Crippen molar-refractivity contribution in [3.8, 4) is 33.4 Å². The van der Waals surface area contributed by atoms with E-state index in [1.165, 1.54) is 82.7 Å². The molecule has 234 valence electrons. The first-order valence-corrected chi connectivity index (χ1v) is 17.4. The highest BCUT2D eigenvalue weighted by Gasteiger charge is 2.46. The lowest BCUT2D eigenvalue weighted by atomic mass is 9.67. The van der Waals surface area contributed by atoms with E-state index in [-0.39, 0.29) is 5.41 Å². The highest BCUT2D eigenvalue weighted by atomic mass is 14.5. The van der Waals surface area contributed by atoms with Crippen molar-refractivity contribution in [1.29, 1.82) is 0 Å². The lowest BCUT2D eigenvalue weighted by Gasteiger charge is -2.34. The maximum absolute atomic E-state index is 2.53. The van der Waals surface area contributed by atoms with E-state index in [0.29, 0.717) is 0 Å². The Morgan fingerprint density at radius 2 is 0.918 bits per heavy atom. The van der Waals surface area contributed by atoms with Crippen LogP contribution in [0.25, 0.3) is 54.9 Å². The molecule has 9 rings (SSSR count). The summed E-state index contributed by atoms with van der Waals surface area (Å²) < 4.78 is 0. The van der Waals surface area contributed by atoms with E-state index >= 15 is 0 Å². The summed E-state index contributed by atoms with van der Waals surface area (Å²) in [7, 11) is 0. The average molecular weight is 627 g/mol. The maximum Gasteiger partial charge on any atom is 0.0713 e. The average Bonchev–Trinajstić information content (AvgIpc) is 3.44. The van der Waals surface area contributed by atoms with Gasteiger partial charge in [-0.25, -0.2) is 0 Å². The quantitative estimate of drug-likeness (QED) is 0.182. The van der Waals surface area contributed by atoms with E-state index in [4.69, 9.17) is 0 Å². The van der Waals surface area contributed by atoms with Crippen molar-refractivity contribution < 1.29 is 0 Å². The lowest BCUT2D eigenvalue weighted by Crippen LogP contribution is -2.28. The normalized spacial score (nSPS) is 13.4. The van der Waals surface area contributed by atoms with Crippen molar-refractivity contribution in [2.75, 3.05) is 0 Å². The zero-order valence-corrected chi connectivity index (χ0v) is 28.2. The summed E-state index contributed by atoms with van der Waals surface area (Å²) in [6, 6.07) is 65.8. The molecule has 0 saturated carbocycles. The van der Waals surface area contributed by atoms with Gasteiger partial charge in [-0.3, -0.25) is 0 Å². The molecule has 0 aliphatic heterocycles. The number of fused-ring (bicyclic) bond motifs is 5. The predicted molar refractivity (Wildman–Crippen MR) is 208 cm³/mol. The molecule has 0 spiro atoms. The lowest BCUT2D eigenvalue weighted by molar-refractivity contribution is 0.590. The molecule has 0 unspecified atom stereocenters. The summed E-state index contributed by atoms with van der Waals surface area (Å²) in [6.45, 7) is 6.84. The van der Waals surface area contributed by atoms with E-state index in [2.05, 4.69) is 197 Å². The van der Waals surface area contributed by atoms with Gasteiger partial charge < -0.3 is 0 Å². The Labute approximate surface area is 289 Å². The van der Waals surface area contributed by atoms with Gasteiger partial charge in [0.15, 0.2) is 0 Å². The van der Waals surface area contributed by atoms with Crippen LogP contribution in [-0.2, 0) is 10.8 Å². The van der Waals surface area contributed by atoms with Crippen molar-refractivity contribution in [2.45, 2.75) is 31.6 Å². The van der Waals surface area contributed by atoms with Gasteiger partial charge in [0.05, 0.1) is 5.41 Å². The Bertz CT molecular complexity index is 2460. The molecular weight excluding hydrogens is 589 g/mol. The largest absolute Gasteiger partial charge is 0.0713 e. The Balaban J connectivity index is 1.40. The van der Waals surface area contributed by atoms with E-state index in [1.54, 1.807) is 0 Å². The molecule has 0 heterocycles. The third-order valence-corrected chi connectivity index (χ3v) is 10.7. The Morgan fingerprint density at radius 3 is 1.59 bits per heavy atom. The molecule has 0 N–H and O–H groups in total. The van der Waals surface area contributed by atoms with Crippen LogP contribution in [0.4, 0.5) is 0 Å². The van der Waals surface area contributed by atoms with Gasteiger partial charge >= 0.3 is 0 Å². The molecule has 0 fully saturated rings. The first kappa shape index (κ1) is 29.4. The van der Waals surface area contributed by atoms with Crippen molar-refractivity contribution in [3.63, 3.8) is 0 Å². The van der Waals surface area contributed by atoms with Crippen molar-refractivity contribution in [1.82, 2.24) is 0 Å². The molecule has 0 aromatic heterocycles. The summed E-state index contributed by atoms with van der Waals surface area (Å²) in [5.41, 5.74) is 13.8. The van der Waals surface area contributed by atoms with Crippen LogP contribution < -0.4 is 0 Å². The zero-order valence-electron chi connectivity index (χ0n) is 28.2. The molecular formula is C49H38. The topological polar surface area (TPSA) is 0 Å². The first-order chi connectivity index (χ1) is 23.9. The second-order valence-corrected chi connectivity index (χ2v) is 14.5. The molecule has 8 aromatic carbocycles. The van der Waals surface area contributed by atoms with Gasteiger partial charge in [0.2, 0.25) is 0 Å². The monoisotopic (exact) mass is 626 g/mol. The fourth-order valence-corrected chi connectivity index (χ4v) is 8.29. The van der Waals surface area contributed by atoms with Gasteiger partial charge in [0.1, 0.15) is 0 Å². The van der Waals surface area contributed by atoms with Crippen LogP contribution >= 0.6 is 0 Å². The molecule has 0 amide bonds. The summed E-state index contributed by atoms with van der Waals surface area (Å²) in [5, 5.41) is 5.07. The molecule has 0 radical (unpaired) electrons. The number of hydrogen-bond acceptors (Lipinski definition) is 0. The van der Waals surface area contributed by atoms with Crippen molar-refractivity contribution in [2.24, 2.45) is 0 Å². The van der Waals surface area contributed by atoms with Crippen molar-refractivity contribution in [3.05, 3.63) is 204 Å². The number of rotatable bonds is 4.